The van der Waals surface area contributed by atoms with Crippen molar-refractivity contribution in [2.75, 3.05) is 13.1 Å². The zero-order valence-electron chi connectivity index (χ0n) is 16.7. The molecule has 2 aromatic rings. The molecule has 5 nitrogen and oxygen atoms in total. The maximum Gasteiger partial charge on any atom is 0.253 e. The second kappa shape index (κ2) is 8.82. The molecule has 3 heterocycles. The van der Waals surface area contributed by atoms with E-state index in [2.05, 4.69) is 28.3 Å². The molecule has 1 amide bonds. The van der Waals surface area contributed by atoms with Gasteiger partial charge in [-0.05, 0) is 62.8 Å². The molecule has 2 fully saturated rings. The fourth-order valence-electron chi connectivity index (χ4n) is 4.77. The largest absolute Gasteiger partial charge is 0.339 e. The first kappa shape index (κ1) is 19.1. The van der Waals surface area contributed by atoms with Crippen LogP contribution in [-0.2, 0) is 0 Å². The number of amides is 1. The van der Waals surface area contributed by atoms with E-state index in [1.165, 1.54) is 36.9 Å². The van der Waals surface area contributed by atoms with Crippen LogP contribution in [0.1, 0.15) is 66.1 Å². The number of nitrogens with zero attached hydrogens (tertiary/aromatic N) is 3. The Morgan fingerprint density at radius 2 is 1.82 bits per heavy atom. The number of aromatic nitrogens is 2. The number of carbonyl (C=O) groups is 1. The van der Waals surface area contributed by atoms with Gasteiger partial charge in [-0.25, -0.2) is 0 Å². The lowest BCUT2D eigenvalue weighted by Gasteiger charge is -2.37. The number of pyridine rings is 2. The zero-order valence-corrected chi connectivity index (χ0v) is 16.7. The van der Waals surface area contributed by atoms with E-state index in [1.54, 1.807) is 24.5 Å². The van der Waals surface area contributed by atoms with Crippen molar-refractivity contribution in [2.45, 2.75) is 63.5 Å². The van der Waals surface area contributed by atoms with Gasteiger partial charge >= 0.3 is 0 Å². The van der Waals surface area contributed by atoms with E-state index in [-0.39, 0.29) is 5.91 Å². The molecule has 5 heteroatoms. The van der Waals surface area contributed by atoms with Gasteiger partial charge < -0.3 is 10.2 Å². The highest BCUT2D eigenvalue weighted by molar-refractivity contribution is 5.94. The SMILES string of the molecule is Cc1cccnc1C1CCCC(NC2CCN(C(=O)c3ccncc3)CC2)C1. The molecule has 2 aromatic heterocycles. The molecule has 1 aliphatic carbocycles. The summed E-state index contributed by atoms with van der Waals surface area (Å²) in [7, 11) is 0. The van der Waals surface area contributed by atoms with Crippen LogP contribution in [0.2, 0.25) is 0 Å². The first-order valence-corrected chi connectivity index (χ1v) is 10.6. The number of aryl methyl sites for hydroxylation is 1. The van der Waals surface area contributed by atoms with Crippen molar-refractivity contribution in [1.82, 2.24) is 20.2 Å². The van der Waals surface area contributed by atoms with Crippen LogP contribution in [0.15, 0.2) is 42.9 Å². The maximum absolute atomic E-state index is 12.6. The quantitative estimate of drug-likeness (QED) is 0.881. The number of nitrogens with one attached hydrogen (secondary N) is 1. The molecule has 1 saturated carbocycles. The smallest absolute Gasteiger partial charge is 0.253 e. The van der Waals surface area contributed by atoms with Crippen LogP contribution >= 0.6 is 0 Å². The average molecular weight is 379 g/mol. The van der Waals surface area contributed by atoms with Gasteiger partial charge in [0.05, 0.1) is 0 Å². The minimum Gasteiger partial charge on any atom is -0.339 e. The second-order valence-electron chi connectivity index (χ2n) is 8.24. The van der Waals surface area contributed by atoms with Crippen molar-refractivity contribution in [1.29, 1.82) is 0 Å². The third-order valence-corrected chi connectivity index (χ3v) is 6.29. The Hall–Kier alpha value is -2.27. The number of carbonyl (C=O) groups excluding carboxylic acids is 1. The molecular weight excluding hydrogens is 348 g/mol. The molecule has 28 heavy (non-hydrogen) atoms. The number of likely N-dealkylation sites (tertiary alicyclic amines) is 1. The third kappa shape index (κ3) is 4.41. The van der Waals surface area contributed by atoms with E-state index in [0.717, 1.165) is 31.5 Å². The van der Waals surface area contributed by atoms with Gasteiger partial charge in [0.15, 0.2) is 0 Å². The van der Waals surface area contributed by atoms with Crippen LogP contribution in [0.25, 0.3) is 0 Å². The van der Waals surface area contributed by atoms with Crippen LogP contribution in [0, 0.1) is 6.92 Å². The van der Waals surface area contributed by atoms with Crippen LogP contribution in [-0.4, -0.2) is 45.9 Å². The number of rotatable bonds is 4. The van der Waals surface area contributed by atoms with Crippen molar-refractivity contribution in [3.8, 4) is 0 Å². The van der Waals surface area contributed by atoms with Crippen molar-refractivity contribution in [3.63, 3.8) is 0 Å². The Labute approximate surface area is 167 Å². The highest BCUT2D eigenvalue weighted by Crippen LogP contribution is 2.33. The third-order valence-electron chi connectivity index (χ3n) is 6.29. The monoisotopic (exact) mass is 378 g/mol. The molecule has 2 unspecified atom stereocenters. The fraction of sp³-hybridized carbons (Fsp3) is 0.522. The summed E-state index contributed by atoms with van der Waals surface area (Å²) >= 11 is 0. The summed E-state index contributed by atoms with van der Waals surface area (Å²) in [5.41, 5.74) is 3.34. The summed E-state index contributed by atoms with van der Waals surface area (Å²) in [5, 5.41) is 3.90. The first-order valence-electron chi connectivity index (χ1n) is 10.6. The molecule has 148 valence electrons. The van der Waals surface area contributed by atoms with Gasteiger partial charge in [0.1, 0.15) is 0 Å². The topological polar surface area (TPSA) is 58.1 Å². The lowest BCUT2D eigenvalue weighted by molar-refractivity contribution is 0.0699. The molecule has 2 aliphatic rings. The predicted octanol–water partition coefficient (Wildman–Crippen LogP) is 3.71. The molecule has 4 rings (SSSR count). The van der Waals surface area contributed by atoms with E-state index in [1.807, 2.05) is 17.2 Å². The molecular formula is C23H30N4O. The van der Waals surface area contributed by atoms with Crippen LogP contribution < -0.4 is 5.32 Å². The maximum atomic E-state index is 12.6. The van der Waals surface area contributed by atoms with Crippen molar-refractivity contribution < 1.29 is 4.79 Å². The summed E-state index contributed by atoms with van der Waals surface area (Å²) in [6, 6.07) is 8.87. The summed E-state index contributed by atoms with van der Waals surface area (Å²) in [6.45, 7) is 3.83. The first-order chi connectivity index (χ1) is 13.7. The zero-order chi connectivity index (χ0) is 19.3. The predicted molar refractivity (Wildman–Crippen MR) is 110 cm³/mol. The Bertz CT molecular complexity index is 786. The van der Waals surface area contributed by atoms with E-state index in [4.69, 9.17) is 0 Å². The van der Waals surface area contributed by atoms with Gasteiger partial charge in [0, 0.05) is 60.9 Å². The van der Waals surface area contributed by atoms with E-state index < -0.39 is 0 Å². The Balaban J connectivity index is 1.29. The van der Waals surface area contributed by atoms with Gasteiger partial charge in [0.2, 0.25) is 0 Å². The molecule has 1 saturated heterocycles. The summed E-state index contributed by atoms with van der Waals surface area (Å²) in [6.07, 6.45) is 12.3. The minimum absolute atomic E-state index is 0.129. The van der Waals surface area contributed by atoms with E-state index in [0.29, 0.717) is 18.0 Å². The van der Waals surface area contributed by atoms with Crippen LogP contribution in [0.3, 0.4) is 0 Å². The average Bonchev–Trinajstić information content (AvgIpc) is 2.75. The molecule has 0 aromatic carbocycles. The van der Waals surface area contributed by atoms with Gasteiger partial charge in [-0.2, -0.15) is 0 Å². The lowest BCUT2D eigenvalue weighted by Crippen LogP contribution is -2.48. The standard InChI is InChI=1S/C23H30N4O/c1-17-4-3-11-25-22(17)19-5-2-6-21(16-19)26-20-9-14-27(15-10-20)23(28)18-7-12-24-13-8-18/h3-4,7-8,11-13,19-21,26H,2,5-6,9-10,14-16H2,1H3. The van der Waals surface area contributed by atoms with E-state index >= 15 is 0 Å². The fourth-order valence-corrected chi connectivity index (χ4v) is 4.77. The summed E-state index contributed by atoms with van der Waals surface area (Å²) in [5.74, 6) is 0.699. The van der Waals surface area contributed by atoms with Gasteiger partial charge in [-0.1, -0.05) is 12.5 Å². The number of hydrogen-bond acceptors (Lipinski definition) is 4. The molecule has 1 N–H and O–H groups in total. The number of hydrogen-bond donors (Lipinski definition) is 1. The molecule has 2 atom stereocenters. The Morgan fingerprint density at radius 3 is 2.57 bits per heavy atom. The lowest BCUT2D eigenvalue weighted by atomic mass is 9.81. The molecule has 1 aliphatic heterocycles. The molecule has 0 bridgehead atoms. The van der Waals surface area contributed by atoms with Gasteiger partial charge in [-0.15, -0.1) is 0 Å². The van der Waals surface area contributed by atoms with Crippen molar-refractivity contribution in [3.05, 3.63) is 59.7 Å². The van der Waals surface area contributed by atoms with Gasteiger partial charge in [0.25, 0.3) is 5.91 Å². The highest BCUT2D eigenvalue weighted by Gasteiger charge is 2.29. The second-order valence-corrected chi connectivity index (χ2v) is 8.24. The summed E-state index contributed by atoms with van der Waals surface area (Å²) in [4.78, 5) is 23.2. The molecule has 0 spiro atoms. The highest BCUT2D eigenvalue weighted by atomic mass is 16.2. The molecule has 0 radical (unpaired) electrons. The Kier molecular flexibility index (Phi) is 6.01. The van der Waals surface area contributed by atoms with Crippen LogP contribution in [0.4, 0.5) is 0 Å². The van der Waals surface area contributed by atoms with E-state index in [9.17, 15) is 4.79 Å². The van der Waals surface area contributed by atoms with Crippen molar-refractivity contribution in [2.24, 2.45) is 0 Å². The summed E-state index contributed by atoms with van der Waals surface area (Å²) < 4.78 is 0. The van der Waals surface area contributed by atoms with Crippen molar-refractivity contribution >= 4 is 5.91 Å². The normalized spacial score (nSPS) is 23.5. The Morgan fingerprint density at radius 1 is 1.04 bits per heavy atom. The van der Waals surface area contributed by atoms with Crippen LogP contribution in [0.5, 0.6) is 0 Å². The van der Waals surface area contributed by atoms with Gasteiger partial charge in [-0.3, -0.25) is 14.8 Å². The minimum atomic E-state index is 0.129. The number of piperidine rings is 1.